The van der Waals surface area contributed by atoms with Crippen molar-refractivity contribution in [1.82, 2.24) is 20.9 Å². The molecule has 0 aromatic heterocycles. The molecule has 10 heteroatoms. The minimum Gasteiger partial charge on any atom is -0.352 e. The van der Waals surface area contributed by atoms with Crippen LogP contribution in [0.2, 0.25) is 0 Å². The SMILES string of the molecule is C#CCCC(NC(=O)C1CCCN1C(=O)C(NC(N)=O)C(C)(C)C)C(=O)C(=O)NCC=C.CCC. The molecule has 0 aromatic rings. The molecule has 35 heavy (non-hydrogen) atoms. The lowest BCUT2D eigenvalue weighted by molar-refractivity contribution is -0.143. The number of hydrogen-bond donors (Lipinski definition) is 4. The van der Waals surface area contributed by atoms with Crippen molar-refractivity contribution in [2.75, 3.05) is 13.1 Å². The Kier molecular flexibility index (Phi) is 14.0. The topological polar surface area (TPSA) is 151 Å². The van der Waals surface area contributed by atoms with Crippen LogP contribution in [0.15, 0.2) is 12.7 Å². The van der Waals surface area contributed by atoms with Crippen LogP contribution in [0.5, 0.6) is 0 Å². The molecule has 0 radical (unpaired) electrons. The number of nitrogens with two attached hydrogens (primary N) is 1. The minimum atomic E-state index is -1.12. The van der Waals surface area contributed by atoms with Crippen LogP contribution >= 0.6 is 0 Å². The number of ketones is 1. The quantitative estimate of drug-likeness (QED) is 0.206. The molecule has 1 rings (SSSR count). The number of carbonyl (C=O) groups is 5. The van der Waals surface area contributed by atoms with E-state index >= 15 is 0 Å². The van der Waals surface area contributed by atoms with Crippen molar-refractivity contribution in [3.05, 3.63) is 12.7 Å². The van der Waals surface area contributed by atoms with Gasteiger partial charge in [0.1, 0.15) is 12.1 Å². The van der Waals surface area contributed by atoms with E-state index in [2.05, 4.69) is 42.3 Å². The van der Waals surface area contributed by atoms with Crippen molar-refractivity contribution in [3.8, 4) is 12.3 Å². The van der Waals surface area contributed by atoms with Crippen LogP contribution in [-0.4, -0.2) is 65.7 Å². The number of nitrogens with one attached hydrogen (secondary N) is 3. The van der Waals surface area contributed by atoms with Gasteiger partial charge in [0.2, 0.25) is 17.6 Å². The molecule has 0 aromatic carbocycles. The number of amides is 5. The molecule has 0 saturated carbocycles. The van der Waals surface area contributed by atoms with Crippen molar-refractivity contribution in [2.24, 2.45) is 11.1 Å². The molecule has 0 spiro atoms. The Hall–Kier alpha value is -3.35. The summed E-state index contributed by atoms with van der Waals surface area (Å²) in [7, 11) is 0. The number of Topliss-reactive ketones (excluding diaryl/α,β-unsaturated/α-hetero) is 1. The monoisotopic (exact) mass is 491 g/mol. The van der Waals surface area contributed by atoms with Crippen molar-refractivity contribution >= 4 is 29.5 Å². The van der Waals surface area contributed by atoms with Crippen molar-refractivity contribution < 1.29 is 24.0 Å². The van der Waals surface area contributed by atoms with Crippen LogP contribution in [0.1, 0.15) is 66.7 Å². The van der Waals surface area contributed by atoms with Crippen LogP contribution < -0.4 is 21.7 Å². The van der Waals surface area contributed by atoms with Crippen LogP contribution in [0.25, 0.3) is 0 Å². The van der Waals surface area contributed by atoms with Crippen LogP contribution in [0.3, 0.4) is 0 Å². The summed E-state index contributed by atoms with van der Waals surface area (Å²) in [5.74, 6) is -0.296. The first-order valence-corrected chi connectivity index (χ1v) is 11.9. The highest BCUT2D eigenvalue weighted by Crippen LogP contribution is 2.26. The number of primary amides is 1. The molecule has 1 aliphatic rings. The summed E-state index contributed by atoms with van der Waals surface area (Å²) < 4.78 is 0. The Balaban J connectivity index is 0.00000365. The van der Waals surface area contributed by atoms with Gasteiger partial charge in [-0.15, -0.1) is 18.9 Å². The average Bonchev–Trinajstić information content (AvgIpc) is 3.27. The summed E-state index contributed by atoms with van der Waals surface area (Å²) in [6, 6.07) is -3.75. The van der Waals surface area contributed by atoms with Gasteiger partial charge in [0.25, 0.3) is 5.91 Å². The molecule has 10 nitrogen and oxygen atoms in total. The van der Waals surface area contributed by atoms with Gasteiger partial charge >= 0.3 is 6.03 Å². The summed E-state index contributed by atoms with van der Waals surface area (Å²) in [5.41, 5.74) is 4.58. The molecular formula is C25H41N5O5. The molecule has 1 fully saturated rings. The van der Waals surface area contributed by atoms with E-state index in [1.165, 1.54) is 17.4 Å². The summed E-state index contributed by atoms with van der Waals surface area (Å²) in [5, 5.41) is 7.42. The van der Waals surface area contributed by atoms with Gasteiger partial charge in [-0.25, -0.2) is 4.79 Å². The molecule has 0 bridgehead atoms. The highest BCUT2D eigenvalue weighted by molar-refractivity contribution is 6.38. The van der Waals surface area contributed by atoms with E-state index in [1.807, 2.05) is 0 Å². The zero-order chi connectivity index (χ0) is 27.2. The predicted molar refractivity (Wildman–Crippen MR) is 135 cm³/mol. The summed E-state index contributed by atoms with van der Waals surface area (Å²) in [6.45, 7) is 13.4. The lowest BCUT2D eigenvalue weighted by atomic mass is 9.85. The third-order valence-electron chi connectivity index (χ3n) is 5.08. The molecule has 196 valence electrons. The van der Waals surface area contributed by atoms with Gasteiger partial charge in [0.15, 0.2) is 0 Å². The van der Waals surface area contributed by atoms with Gasteiger partial charge in [-0.3, -0.25) is 19.2 Å². The second kappa shape index (κ2) is 15.5. The summed E-state index contributed by atoms with van der Waals surface area (Å²) in [6.07, 6.45) is 9.15. The lowest BCUT2D eigenvalue weighted by Gasteiger charge is -2.35. The molecule has 3 atom stereocenters. The smallest absolute Gasteiger partial charge is 0.312 e. The van der Waals surface area contributed by atoms with Crippen LogP contribution in [-0.2, 0) is 19.2 Å². The summed E-state index contributed by atoms with van der Waals surface area (Å²) >= 11 is 0. The second-order valence-corrected chi connectivity index (χ2v) is 9.37. The first kappa shape index (κ1) is 31.6. The van der Waals surface area contributed by atoms with E-state index in [0.717, 1.165) is 0 Å². The minimum absolute atomic E-state index is 0.0805. The average molecular weight is 492 g/mol. The van der Waals surface area contributed by atoms with E-state index < -0.39 is 53.1 Å². The zero-order valence-corrected chi connectivity index (χ0v) is 21.6. The number of urea groups is 1. The highest BCUT2D eigenvalue weighted by Gasteiger charge is 2.42. The molecule has 5 N–H and O–H groups in total. The maximum atomic E-state index is 13.2. The van der Waals surface area contributed by atoms with Gasteiger partial charge in [0, 0.05) is 19.5 Å². The number of likely N-dealkylation sites (tertiary alicyclic amines) is 1. The molecule has 3 unspecified atom stereocenters. The van der Waals surface area contributed by atoms with Crippen molar-refractivity contribution in [1.29, 1.82) is 0 Å². The number of hydrogen-bond acceptors (Lipinski definition) is 5. The Morgan fingerprint density at radius 3 is 2.29 bits per heavy atom. The largest absolute Gasteiger partial charge is 0.352 e. The van der Waals surface area contributed by atoms with Crippen LogP contribution in [0.4, 0.5) is 4.79 Å². The summed E-state index contributed by atoms with van der Waals surface area (Å²) in [4.78, 5) is 63.5. The van der Waals surface area contributed by atoms with Gasteiger partial charge < -0.3 is 26.6 Å². The third-order valence-corrected chi connectivity index (χ3v) is 5.08. The van der Waals surface area contributed by atoms with E-state index in [0.29, 0.717) is 19.4 Å². The highest BCUT2D eigenvalue weighted by atomic mass is 16.2. The predicted octanol–water partition coefficient (Wildman–Crippen LogP) is 1.25. The molecule has 1 aliphatic heterocycles. The molecule has 0 aliphatic carbocycles. The Bertz CT molecular complexity index is 812. The fourth-order valence-corrected chi connectivity index (χ4v) is 3.43. The fraction of sp³-hybridized carbons (Fsp3) is 0.640. The molecule has 1 saturated heterocycles. The van der Waals surface area contributed by atoms with E-state index in [4.69, 9.17) is 12.2 Å². The number of rotatable bonds is 10. The number of nitrogens with zero attached hydrogens (tertiary/aromatic N) is 1. The van der Waals surface area contributed by atoms with E-state index in [9.17, 15) is 24.0 Å². The lowest BCUT2D eigenvalue weighted by Crippen LogP contribution is -2.59. The Morgan fingerprint density at radius 1 is 1.20 bits per heavy atom. The maximum absolute atomic E-state index is 13.2. The van der Waals surface area contributed by atoms with Crippen molar-refractivity contribution in [3.63, 3.8) is 0 Å². The first-order valence-electron chi connectivity index (χ1n) is 11.9. The normalized spacial score (nSPS) is 16.5. The standard InChI is InChI=1S/C22H33N5O5.C3H8/c1-6-8-10-14(16(28)19(30)24-12-7-2)25-18(29)15-11-9-13-27(15)20(31)17(22(3,4)5)26-21(23)32;1-3-2/h1,7,14-15,17H,2,8-13H2,3-5H3,(H,24,30)(H,25,29)(H3,23,26,32);3H2,1-2H3. The van der Waals surface area contributed by atoms with Gasteiger partial charge in [-0.2, -0.15) is 0 Å². The zero-order valence-electron chi connectivity index (χ0n) is 21.6. The first-order chi connectivity index (χ1) is 16.3. The van der Waals surface area contributed by atoms with Gasteiger partial charge in [0.05, 0.1) is 6.04 Å². The number of terminal acetylenes is 1. The van der Waals surface area contributed by atoms with Gasteiger partial charge in [-0.1, -0.05) is 47.1 Å². The Labute approximate surface area is 208 Å². The van der Waals surface area contributed by atoms with E-state index in [1.54, 1.807) is 20.8 Å². The Morgan fingerprint density at radius 2 is 1.80 bits per heavy atom. The number of carbonyl (C=O) groups excluding carboxylic acids is 5. The fourth-order valence-electron chi connectivity index (χ4n) is 3.43. The third kappa shape index (κ3) is 10.6. The molecular weight excluding hydrogens is 450 g/mol. The van der Waals surface area contributed by atoms with Crippen LogP contribution in [0, 0.1) is 17.8 Å². The van der Waals surface area contributed by atoms with Gasteiger partial charge in [-0.05, 0) is 24.7 Å². The van der Waals surface area contributed by atoms with E-state index in [-0.39, 0.29) is 19.4 Å². The maximum Gasteiger partial charge on any atom is 0.312 e. The second-order valence-electron chi connectivity index (χ2n) is 9.37. The molecule has 5 amide bonds. The molecule has 1 heterocycles. The van der Waals surface area contributed by atoms with Crippen molar-refractivity contribution in [2.45, 2.75) is 84.8 Å².